The predicted octanol–water partition coefficient (Wildman–Crippen LogP) is 1.62. The second-order valence-electron chi connectivity index (χ2n) is 6.54. The number of carbonyl (C=O) groups is 1. The van der Waals surface area contributed by atoms with Crippen molar-refractivity contribution in [2.24, 2.45) is 0 Å². The molecule has 0 aromatic carbocycles. The molecule has 1 unspecified atom stereocenters. The number of likely N-dealkylation sites (N-methyl/N-ethyl adjacent to an activating group) is 1. The average molecular weight is 291 g/mol. The topological polar surface area (TPSA) is 54.3 Å². The van der Waals surface area contributed by atoms with E-state index in [9.17, 15) is 4.79 Å². The van der Waals surface area contributed by atoms with E-state index in [4.69, 9.17) is 0 Å². The van der Waals surface area contributed by atoms with E-state index in [0.717, 1.165) is 18.3 Å². The fourth-order valence-electron chi connectivity index (χ4n) is 3.15. The molecule has 0 radical (unpaired) electrons. The summed E-state index contributed by atoms with van der Waals surface area (Å²) in [5.41, 5.74) is 0. The number of hydrogen-bond donors (Lipinski definition) is 0. The van der Waals surface area contributed by atoms with Crippen LogP contribution in [0.3, 0.4) is 0 Å². The first-order chi connectivity index (χ1) is 10.1. The van der Waals surface area contributed by atoms with Crippen molar-refractivity contribution in [3.8, 4) is 0 Å². The van der Waals surface area contributed by atoms with Crippen molar-refractivity contribution in [1.82, 2.24) is 19.7 Å². The van der Waals surface area contributed by atoms with Crippen molar-refractivity contribution >= 4 is 11.9 Å². The Hall–Kier alpha value is -1.59. The lowest BCUT2D eigenvalue weighted by atomic mass is 9.85. The monoisotopic (exact) mass is 291 g/mol. The molecule has 2 heterocycles. The fourth-order valence-corrected chi connectivity index (χ4v) is 3.15. The Morgan fingerprint density at radius 2 is 2.00 bits per heavy atom. The Morgan fingerprint density at radius 1 is 1.24 bits per heavy atom. The molecule has 1 aliphatic heterocycles. The summed E-state index contributed by atoms with van der Waals surface area (Å²) in [5.74, 6) is 2.48. The molecule has 1 aromatic rings. The van der Waals surface area contributed by atoms with Crippen molar-refractivity contribution in [2.75, 3.05) is 25.5 Å². The molecule has 1 aliphatic carbocycles. The van der Waals surface area contributed by atoms with E-state index >= 15 is 0 Å². The minimum absolute atomic E-state index is 0.100. The van der Waals surface area contributed by atoms with Gasteiger partial charge in [-0.15, -0.1) is 10.2 Å². The number of nitrogens with zero attached hydrogens (tertiary/aromatic N) is 5. The summed E-state index contributed by atoms with van der Waals surface area (Å²) in [4.78, 5) is 16.1. The smallest absolute Gasteiger partial charge is 0.242 e. The third-order valence-corrected chi connectivity index (χ3v) is 4.83. The fraction of sp³-hybridized carbons (Fsp3) is 0.800. The lowest BCUT2D eigenvalue weighted by molar-refractivity contribution is -0.129. The third kappa shape index (κ3) is 2.63. The molecule has 1 saturated heterocycles. The zero-order valence-electron chi connectivity index (χ0n) is 13.2. The number of hydrogen-bond acceptors (Lipinski definition) is 4. The molecule has 6 heteroatoms. The quantitative estimate of drug-likeness (QED) is 0.846. The minimum atomic E-state index is 0.100. The molecule has 2 fully saturated rings. The lowest BCUT2D eigenvalue weighted by Crippen LogP contribution is -2.33. The molecule has 1 saturated carbocycles. The van der Waals surface area contributed by atoms with Gasteiger partial charge in [-0.1, -0.05) is 6.42 Å². The first-order valence-electron chi connectivity index (χ1n) is 7.98. The molecule has 2 aliphatic rings. The maximum Gasteiger partial charge on any atom is 0.242 e. The van der Waals surface area contributed by atoms with Crippen molar-refractivity contribution < 1.29 is 4.79 Å². The van der Waals surface area contributed by atoms with Crippen molar-refractivity contribution in [3.05, 3.63) is 5.82 Å². The molecule has 6 nitrogen and oxygen atoms in total. The Kier molecular flexibility index (Phi) is 3.87. The number of anilines is 1. The number of carbonyl (C=O) groups excluding carboxylic acids is 1. The van der Waals surface area contributed by atoms with Crippen LogP contribution >= 0.6 is 0 Å². The highest BCUT2D eigenvalue weighted by Gasteiger charge is 2.31. The molecule has 3 rings (SSSR count). The van der Waals surface area contributed by atoms with Gasteiger partial charge in [0.25, 0.3) is 0 Å². The van der Waals surface area contributed by atoms with Crippen molar-refractivity contribution in [1.29, 1.82) is 0 Å². The largest absolute Gasteiger partial charge is 0.347 e. The summed E-state index contributed by atoms with van der Waals surface area (Å²) in [5, 5.41) is 8.86. The van der Waals surface area contributed by atoms with E-state index in [1.807, 2.05) is 0 Å². The lowest BCUT2D eigenvalue weighted by Gasteiger charge is -2.28. The molecule has 1 amide bonds. The van der Waals surface area contributed by atoms with Crippen molar-refractivity contribution in [2.45, 2.75) is 57.5 Å². The van der Waals surface area contributed by atoms with Crippen LogP contribution in [0.5, 0.6) is 0 Å². The Labute approximate surface area is 126 Å². The van der Waals surface area contributed by atoms with Crippen LogP contribution in [-0.4, -0.2) is 52.3 Å². The standard InChI is InChI=1S/C15H25N5O/c1-11-6-5-9-19(11)15-17-16-14(12-7-4-8-12)20(15)10-13(21)18(2)3/h11-12H,4-10H2,1-3H3. The second-order valence-corrected chi connectivity index (χ2v) is 6.54. The van der Waals surface area contributed by atoms with Gasteiger partial charge in [0, 0.05) is 32.6 Å². The van der Waals surface area contributed by atoms with Gasteiger partial charge in [0.15, 0.2) is 0 Å². The summed E-state index contributed by atoms with van der Waals surface area (Å²) in [7, 11) is 3.60. The summed E-state index contributed by atoms with van der Waals surface area (Å²) in [6.07, 6.45) is 5.98. The average Bonchev–Trinajstić information content (AvgIpc) is 2.95. The van der Waals surface area contributed by atoms with Gasteiger partial charge >= 0.3 is 0 Å². The molecule has 0 bridgehead atoms. The molecule has 0 N–H and O–H groups in total. The highest BCUT2D eigenvalue weighted by atomic mass is 16.2. The van der Waals surface area contributed by atoms with Crippen LogP contribution in [-0.2, 0) is 11.3 Å². The second kappa shape index (κ2) is 5.66. The van der Waals surface area contributed by atoms with Crippen LogP contribution in [0, 0.1) is 0 Å². The summed E-state index contributed by atoms with van der Waals surface area (Å²) >= 11 is 0. The van der Waals surface area contributed by atoms with E-state index in [-0.39, 0.29) is 5.91 Å². The highest BCUT2D eigenvalue weighted by Crippen LogP contribution is 2.37. The predicted molar refractivity (Wildman–Crippen MR) is 81.4 cm³/mol. The van der Waals surface area contributed by atoms with Crippen LogP contribution < -0.4 is 4.90 Å². The highest BCUT2D eigenvalue weighted by molar-refractivity contribution is 5.75. The van der Waals surface area contributed by atoms with Crippen molar-refractivity contribution in [3.63, 3.8) is 0 Å². The normalized spacial score (nSPS) is 22.4. The zero-order chi connectivity index (χ0) is 15.0. The molecular weight excluding hydrogens is 266 g/mol. The van der Waals surface area contributed by atoms with Gasteiger partial charge < -0.3 is 9.80 Å². The summed E-state index contributed by atoms with van der Waals surface area (Å²) < 4.78 is 2.06. The maximum atomic E-state index is 12.2. The van der Waals surface area contributed by atoms with Crippen LogP contribution in [0.4, 0.5) is 5.95 Å². The van der Waals surface area contributed by atoms with E-state index < -0.39 is 0 Å². The third-order valence-electron chi connectivity index (χ3n) is 4.83. The number of amides is 1. The first kappa shape index (κ1) is 14.4. The van der Waals surface area contributed by atoms with Gasteiger partial charge in [-0.3, -0.25) is 9.36 Å². The van der Waals surface area contributed by atoms with Gasteiger partial charge in [-0.25, -0.2) is 0 Å². The first-order valence-corrected chi connectivity index (χ1v) is 7.98. The van der Waals surface area contributed by atoms with Crippen LogP contribution in [0.2, 0.25) is 0 Å². The van der Waals surface area contributed by atoms with Gasteiger partial charge in [-0.05, 0) is 32.6 Å². The summed E-state index contributed by atoms with van der Waals surface area (Å²) in [6.45, 7) is 3.59. The van der Waals surface area contributed by atoms with Crippen LogP contribution in [0.25, 0.3) is 0 Å². The van der Waals surface area contributed by atoms with E-state index in [0.29, 0.717) is 18.5 Å². The Bertz CT molecular complexity index is 520. The number of rotatable bonds is 4. The minimum Gasteiger partial charge on any atom is -0.347 e. The van der Waals surface area contributed by atoms with E-state index in [1.165, 1.54) is 32.1 Å². The summed E-state index contributed by atoms with van der Waals surface area (Å²) in [6, 6.07) is 0.483. The number of aromatic nitrogens is 3. The van der Waals surface area contributed by atoms with Gasteiger partial charge in [-0.2, -0.15) is 0 Å². The molecule has 0 spiro atoms. The van der Waals surface area contributed by atoms with Crippen LogP contribution in [0.15, 0.2) is 0 Å². The van der Waals surface area contributed by atoms with Crippen LogP contribution in [0.1, 0.15) is 50.8 Å². The van der Waals surface area contributed by atoms with Gasteiger partial charge in [0.2, 0.25) is 11.9 Å². The molecule has 1 aromatic heterocycles. The Morgan fingerprint density at radius 3 is 2.52 bits per heavy atom. The molecule has 21 heavy (non-hydrogen) atoms. The zero-order valence-corrected chi connectivity index (χ0v) is 13.2. The van der Waals surface area contributed by atoms with E-state index in [2.05, 4.69) is 26.6 Å². The van der Waals surface area contributed by atoms with Gasteiger partial charge in [0.05, 0.1) is 0 Å². The maximum absolute atomic E-state index is 12.2. The van der Waals surface area contributed by atoms with Gasteiger partial charge in [0.1, 0.15) is 12.4 Å². The Balaban J connectivity index is 1.91. The molecular formula is C15H25N5O. The molecule has 116 valence electrons. The molecule has 1 atom stereocenters. The SMILES string of the molecule is CC1CCCN1c1nnc(C2CCC2)n1CC(=O)N(C)C. The van der Waals surface area contributed by atoms with E-state index in [1.54, 1.807) is 19.0 Å².